The molecule has 31 heavy (non-hydrogen) atoms. The van der Waals surface area contributed by atoms with Gasteiger partial charge < -0.3 is 19.4 Å². The Labute approximate surface area is 181 Å². The molecule has 1 amide bonds. The Morgan fingerprint density at radius 1 is 1.06 bits per heavy atom. The summed E-state index contributed by atoms with van der Waals surface area (Å²) >= 11 is 0. The molecule has 0 saturated carbocycles. The molecule has 1 aromatic heterocycles. The molecule has 1 fully saturated rings. The minimum atomic E-state index is -0.607. The molecule has 0 bridgehead atoms. The van der Waals surface area contributed by atoms with Crippen molar-refractivity contribution in [3.05, 3.63) is 70.6 Å². The van der Waals surface area contributed by atoms with Crippen LogP contribution in [-0.2, 0) is 0 Å². The molecular formula is C24H27N3O4. The van der Waals surface area contributed by atoms with Crippen molar-refractivity contribution in [1.82, 2.24) is 10.2 Å². The summed E-state index contributed by atoms with van der Waals surface area (Å²) in [4.78, 5) is 29.3. The number of fused-ring (bicyclic) bond motifs is 1. The maximum Gasteiger partial charge on any atom is 0.349 e. The molecule has 0 radical (unpaired) electrons. The lowest BCUT2D eigenvalue weighted by Crippen LogP contribution is -2.47. The molecule has 3 aromatic rings. The van der Waals surface area contributed by atoms with Gasteiger partial charge in [-0.2, -0.15) is 0 Å². The van der Waals surface area contributed by atoms with Crippen LogP contribution in [0.1, 0.15) is 16.8 Å². The van der Waals surface area contributed by atoms with Gasteiger partial charge in [0.1, 0.15) is 16.9 Å². The van der Waals surface area contributed by atoms with Gasteiger partial charge in [-0.25, -0.2) is 4.79 Å². The van der Waals surface area contributed by atoms with Gasteiger partial charge in [-0.1, -0.05) is 24.3 Å². The molecule has 162 valence electrons. The number of amides is 1. The van der Waals surface area contributed by atoms with Gasteiger partial charge in [-0.3, -0.25) is 9.69 Å². The fourth-order valence-corrected chi connectivity index (χ4v) is 3.86. The Morgan fingerprint density at radius 3 is 2.68 bits per heavy atom. The average Bonchev–Trinajstić information content (AvgIpc) is 2.81. The van der Waals surface area contributed by atoms with E-state index in [2.05, 4.69) is 27.2 Å². The molecule has 2 heterocycles. The number of methoxy groups -OCH3 is 1. The first-order valence-electron chi connectivity index (χ1n) is 10.6. The van der Waals surface area contributed by atoms with Crippen molar-refractivity contribution in [2.45, 2.75) is 6.42 Å². The van der Waals surface area contributed by atoms with Gasteiger partial charge >= 0.3 is 5.63 Å². The average molecular weight is 421 g/mol. The monoisotopic (exact) mass is 421 g/mol. The third kappa shape index (κ3) is 5.06. The minimum absolute atomic E-state index is 0.0469. The molecule has 7 heteroatoms. The highest BCUT2D eigenvalue weighted by Crippen LogP contribution is 2.22. The lowest BCUT2D eigenvalue weighted by atomic mass is 10.2. The van der Waals surface area contributed by atoms with Crippen LogP contribution in [0.2, 0.25) is 0 Å². The normalized spacial score (nSPS) is 14.5. The zero-order valence-electron chi connectivity index (χ0n) is 17.7. The zero-order valence-corrected chi connectivity index (χ0v) is 17.7. The summed E-state index contributed by atoms with van der Waals surface area (Å²) < 4.78 is 10.6. The molecule has 2 aromatic carbocycles. The lowest BCUT2D eigenvalue weighted by Gasteiger charge is -2.36. The van der Waals surface area contributed by atoms with Crippen molar-refractivity contribution in [1.29, 1.82) is 0 Å². The summed E-state index contributed by atoms with van der Waals surface area (Å²) in [7, 11) is 1.68. The van der Waals surface area contributed by atoms with E-state index in [9.17, 15) is 9.59 Å². The van der Waals surface area contributed by atoms with Crippen LogP contribution >= 0.6 is 0 Å². The maximum absolute atomic E-state index is 12.4. The molecule has 4 rings (SSSR count). The maximum atomic E-state index is 12.4. The van der Waals surface area contributed by atoms with E-state index in [4.69, 9.17) is 9.15 Å². The van der Waals surface area contributed by atoms with Gasteiger partial charge in [0.05, 0.1) is 7.11 Å². The number of carbonyl (C=O) groups excluding carboxylic acids is 1. The van der Waals surface area contributed by atoms with E-state index in [0.29, 0.717) is 12.1 Å². The number of hydrogen-bond donors (Lipinski definition) is 1. The first-order chi connectivity index (χ1) is 15.1. The second-order valence-electron chi connectivity index (χ2n) is 7.62. The van der Waals surface area contributed by atoms with Crippen LogP contribution < -0.4 is 20.6 Å². The van der Waals surface area contributed by atoms with Crippen molar-refractivity contribution >= 4 is 22.6 Å². The summed E-state index contributed by atoms with van der Waals surface area (Å²) in [6.45, 7) is 5.27. The van der Waals surface area contributed by atoms with Crippen LogP contribution in [-0.4, -0.2) is 57.2 Å². The number of nitrogens with zero attached hydrogens (tertiary/aromatic N) is 2. The van der Waals surface area contributed by atoms with Gasteiger partial charge in [0, 0.05) is 49.9 Å². The van der Waals surface area contributed by atoms with Gasteiger partial charge in [-0.15, -0.1) is 0 Å². The number of rotatable bonds is 7. The molecule has 0 unspecified atom stereocenters. The first kappa shape index (κ1) is 20.9. The van der Waals surface area contributed by atoms with Crippen molar-refractivity contribution in [3.8, 4) is 5.75 Å². The van der Waals surface area contributed by atoms with E-state index >= 15 is 0 Å². The molecule has 1 aliphatic heterocycles. The van der Waals surface area contributed by atoms with E-state index in [-0.39, 0.29) is 11.5 Å². The predicted molar refractivity (Wildman–Crippen MR) is 121 cm³/mol. The number of nitrogens with one attached hydrogen (secondary N) is 1. The van der Waals surface area contributed by atoms with Crippen LogP contribution in [0.3, 0.4) is 0 Å². The number of ether oxygens (including phenoxy) is 1. The molecule has 1 N–H and O–H groups in total. The van der Waals surface area contributed by atoms with Crippen LogP contribution in [0.4, 0.5) is 5.69 Å². The Bertz CT molecular complexity index is 1100. The zero-order chi connectivity index (χ0) is 21.6. The minimum Gasteiger partial charge on any atom is -0.497 e. The summed E-state index contributed by atoms with van der Waals surface area (Å²) in [6.07, 6.45) is 0.823. The van der Waals surface area contributed by atoms with E-state index in [1.54, 1.807) is 25.3 Å². The molecule has 1 aliphatic rings. The molecule has 0 spiro atoms. The quantitative estimate of drug-likeness (QED) is 0.467. The van der Waals surface area contributed by atoms with Crippen LogP contribution in [0, 0.1) is 0 Å². The summed E-state index contributed by atoms with van der Waals surface area (Å²) in [6, 6.07) is 16.9. The van der Waals surface area contributed by atoms with Gasteiger partial charge in [0.15, 0.2) is 0 Å². The first-order valence-corrected chi connectivity index (χ1v) is 10.6. The molecule has 1 saturated heterocycles. The molecular weight excluding hydrogens is 394 g/mol. The predicted octanol–water partition coefficient (Wildman–Crippen LogP) is 2.74. The SMILES string of the molecule is COc1cccc(N2CCN(CCCNC(=O)c3cc4ccccc4oc3=O)CC2)c1. The summed E-state index contributed by atoms with van der Waals surface area (Å²) in [5, 5.41) is 3.58. The topological polar surface area (TPSA) is 75.0 Å². The third-order valence-corrected chi connectivity index (χ3v) is 5.61. The third-order valence-electron chi connectivity index (χ3n) is 5.61. The van der Waals surface area contributed by atoms with Gasteiger partial charge in [0.25, 0.3) is 5.91 Å². The summed E-state index contributed by atoms with van der Waals surface area (Å²) in [5.41, 5.74) is 1.10. The molecule has 0 aliphatic carbocycles. The van der Waals surface area contributed by atoms with Crippen molar-refractivity contribution < 1.29 is 13.9 Å². The number of hydrogen-bond acceptors (Lipinski definition) is 6. The fraction of sp³-hybridized carbons (Fsp3) is 0.333. The second-order valence-corrected chi connectivity index (χ2v) is 7.62. The molecule has 7 nitrogen and oxygen atoms in total. The Kier molecular flexibility index (Phi) is 6.52. The lowest BCUT2D eigenvalue weighted by molar-refractivity contribution is 0.0948. The smallest absolute Gasteiger partial charge is 0.349 e. The van der Waals surface area contributed by atoms with E-state index in [0.717, 1.165) is 50.3 Å². The number of piperazine rings is 1. The summed E-state index contributed by atoms with van der Waals surface area (Å²) in [5.74, 6) is 0.485. The Balaban J connectivity index is 1.22. The molecule has 0 atom stereocenters. The largest absolute Gasteiger partial charge is 0.497 e. The van der Waals surface area contributed by atoms with Crippen LogP contribution in [0.15, 0.2) is 63.8 Å². The number of carbonyl (C=O) groups is 1. The van der Waals surface area contributed by atoms with Gasteiger partial charge in [0.2, 0.25) is 0 Å². The second kappa shape index (κ2) is 9.66. The number of benzene rings is 2. The van der Waals surface area contributed by atoms with Crippen molar-refractivity contribution in [3.63, 3.8) is 0 Å². The van der Waals surface area contributed by atoms with Gasteiger partial charge in [-0.05, 0) is 37.2 Å². The standard InChI is InChI=1S/C24H27N3O4/c1-30-20-8-4-7-19(17-20)27-14-12-26(13-15-27)11-5-10-25-23(28)21-16-18-6-2-3-9-22(18)31-24(21)29/h2-4,6-9,16-17H,5,10-15H2,1H3,(H,25,28). The van der Waals surface area contributed by atoms with Crippen molar-refractivity contribution in [2.75, 3.05) is 51.3 Å². The van der Waals surface area contributed by atoms with E-state index in [1.165, 1.54) is 5.69 Å². The van der Waals surface area contributed by atoms with E-state index < -0.39 is 5.63 Å². The van der Waals surface area contributed by atoms with E-state index in [1.807, 2.05) is 24.3 Å². The highest BCUT2D eigenvalue weighted by molar-refractivity contribution is 5.96. The fourth-order valence-electron chi connectivity index (χ4n) is 3.86. The Morgan fingerprint density at radius 2 is 1.87 bits per heavy atom. The number of para-hydroxylation sites is 1. The van der Waals surface area contributed by atoms with Crippen LogP contribution in [0.25, 0.3) is 11.0 Å². The highest BCUT2D eigenvalue weighted by Gasteiger charge is 2.18. The van der Waals surface area contributed by atoms with Crippen molar-refractivity contribution in [2.24, 2.45) is 0 Å². The van der Waals surface area contributed by atoms with Crippen LogP contribution in [0.5, 0.6) is 5.75 Å². The highest BCUT2D eigenvalue weighted by atomic mass is 16.5. The Hall–Kier alpha value is -3.32. The number of anilines is 1.